The standard InChI is InChI=1S/C12H15N3O3S/c1-8-6-10(18-15-8)7-14-19(16,17)12-5-3-4-11(13)9(12)2/h3-6,14H,7,13H2,1-2H3. The summed E-state index contributed by atoms with van der Waals surface area (Å²) >= 11 is 0. The lowest BCUT2D eigenvalue weighted by molar-refractivity contribution is 0.377. The molecule has 0 fully saturated rings. The van der Waals surface area contributed by atoms with Gasteiger partial charge in [-0.25, -0.2) is 13.1 Å². The van der Waals surface area contributed by atoms with Gasteiger partial charge in [0.2, 0.25) is 10.0 Å². The van der Waals surface area contributed by atoms with E-state index in [0.29, 0.717) is 22.7 Å². The molecule has 2 aromatic rings. The number of hydrogen-bond donors (Lipinski definition) is 2. The molecule has 2 rings (SSSR count). The molecule has 0 aliphatic heterocycles. The summed E-state index contributed by atoms with van der Waals surface area (Å²) in [6, 6.07) is 6.46. The third kappa shape index (κ3) is 2.94. The Hall–Kier alpha value is -1.86. The van der Waals surface area contributed by atoms with E-state index < -0.39 is 10.0 Å². The highest BCUT2D eigenvalue weighted by atomic mass is 32.2. The lowest BCUT2D eigenvalue weighted by atomic mass is 10.2. The van der Waals surface area contributed by atoms with Gasteiger partial charge in [-0.15, -0.1) is 0 Å². The molecule has 0 saturated carbocycles. The topological polar surface area (TPSA) is 98.2 Å². The van der Waals surface area contributed by atoms with Gasteiger partial charge in [-0.1, -0.05) is 11.2 Å². The van der Waals surface area contributed by atoms with Gasteiger partial charge in [0, 0.05) is 11.8 Å². The predicted octanol–water partition coefficient (Wildman–Crippen LogP) is 1.35. The van der Waals surface area contributed by atoms with E-state index in [1.165, 1.54) is 6.07 Å². The molecule has 0 bridgehead atoms. The minimum Gasteiger partial charge on any atom is -0.398 e. The fourth-order valence-corrected chi connectivity index (χ4v) is 2.93. The van der Waals surface area contributed by atoms with Crippen molar-refractivity contribution in [2.75, 3.05) is 5.73 Å². The van der Waals surface area contributed by atoms with Crippen LogP contribution in [0.1, 0.15) is 17.0 Å². The predicted molar refractivity (Wildman–Crippen MR) is 70.9 cm³/mol. The van der Waals surface area contributed by atoms with Crippen LogP contribution in [0.4, 0.5) is 5.69 Å². The van der Waals surface area contributed by atoms with Crippen LogP contribution in [-0.2, 0) is 16.6 Å². The van der Waals surface area contributed by atoms with Crippen molar-refractivity contribution >= 4 is 15.7 Å². The lowest BCUT2D eigenvalue weighted by Crippen LogP contribution is -2.24. The van der Waals surface area contributed by atoms with Gasteiger partial charge >= 0.3 is 0 Å². The second kappa shape index (κ2) is 5.02. The molecule has 0 aliphatic carbocycles. The van der Waals surface area contributed by atoms with Gasteiger partial charge < -0.3 is 10.3 Å². The van der Waals surface area contributed by atoms with E-state index >= 15 is 0 Å². The molecule has 0 saturated heterocycles. The van der Waals surface area contributed by atoms with Crippen LogP contribution >= 0.6 is 0 Å². The average Bonchev–Trinajstić information content (AvgIpc) is 2.76. The minimum absolute atomic E-state index is 0.0530. The molecule has 6 nitrogen and oxygen atoms in total. The van der Waals surface area contributed by atoms with E-state index in [1.807, 2.05) is 0 Å². The summed E-state index contributed by atoms with van der Waals surface area (Å²) in [6.45, 7) is 3.49. The zero-order valence-corrected chi connectivity index (χ0v) is 11.5. The van der Waals surface area contributed by atoms with Crippen LogP contribution in [0.15, 0.2) is 33.7 Å². The third-order valence-corrected chi connectivity index (χ3v) is 4.27. The molecular weight excluding hydrogens is 266 g/mol. The summed E-state index contributed by atoms with van der Waals surface area (Å²) in [5.74, 6) is 0.461. The van der Waals surface area contributed by atoms with E-state index in [-0.39, 0.29) is 11.4 Å². The zero-order chi connectivity index (χ0) is 14.0. The van der Waals surface area contributed by atoms with Crippen molar-refractivity contribution in [2.45, 2.75) is 25.3 Å². The molecule has 1 heterocycles. The van der Waals surface area contributed by atoms with Crippen molar-refractivity contribution in [1.29, 1.82) is 0 Å². The van der Waals surface area contributed by atoms with E-state index in [2.05, 4.69) is 9.88 Å². The van der Waals surface area contributed by atoms with Gasteiger partial charge in [0.15, 0.2) is 5.76 Å². The van der Waals surface area contributed by atoms with Crippen LogP contribution < -0.4 is 10.5 Å². The number of benzene rings is 1. The van der Waals surface area contributed by atoms with Gasteiger partial charge in [0.05, 0.1) is 17.1 Å². The molecule has 0 radical (unpaired) electrons. The first-order chi connectivity index (χ1) is 8.90. The lowest BCUT2D eigenvalue weighted by Gasteiger charge is -2.09. The van der Waals surface area contributed by atoms with Crippen molar-refractivity contribution < 1.29 is 12.9 Å². The highest BCUT2D eigenvalue weighted by molar-refractivity contribution is 7.89. The molecule has 0 atom stereocenters. The third-order valence-electron chi connectivity index (χ3n) is 2.73. The van der Waals surface area contributed by atoms with E-state index in [1.54, 1.807) is 32.0 Å². The first-order valence-electron chi connectivity index (χ1n) is 5.67. The first-order valence-corrected chi connectivity index (χ1v) is 7.15. The first kappa shape index (κ1) is 13.6. The monoisotopic (exact) mass is 281 g/mol. The Morgan fingerprint density at radius 3 is 2.74 bits per heavy atom. The van der Waals surface area contributed by atoms with Crippen molar-refractivity contribution in [2.24, 2.45) is 0 Å². The number of anilines is 1. The fraction of sp³-hybridized carbons (Fsp3) is 0.250. The minimum atomic E-state index is -3.62. The van der Waals surface area contributed by atoms with Gasteiger partial charge in [-0.3, -0.25) is 0 Å². The summed E-state index contributed by atoms with van der Waals surface area (Å²) in [5, 5.41) is 3.69. The Balaban J connectivity index is 2.21. The normalized spacial score (nSPS) is 11.7. The maximum absolute atomic E-state index is 12.2. The SMILES string of the molecule is Cc1cc(CNS(=O)(=O)c2cccc(N)c2C)on1. The summed E-state index contributed by atoms with van der Waals surface area (Å²) in [5.41, 5.74) is 7.38. The van der Waals surface area contributed by atoms with Crippen LogP contribution in [0.5, 0.6) is 0 Å². The quantitative estimate of drug-likeness (QED) is 0.824. The maximum atomic E-state index is 12.2. The van der Waals surface area contributed by atoms with Crippen LogP contribution in [0.2, 0.25) is 0 Å². The maximum Gasteiger partial charge on any atom is 0.241 e. The van der Waals surface area contributed by atoms with Gasteiger partial charge in [-0.2, -0.15) is 0 Å². The summed E-state index contributed by atoms with van der Waals surface area (Å²) < 4.78 is 31.7. The van der Waals surface area contributed by atoms with Crippen LogP contribution in [-0.4, -0.2) is 13.6 Å². The Labute approximate surface area is 111 Å². The van der Waals surface area contributed by atoms with Gasteiger partial charge in [0.25, 0.3) is 0 Å². The second-order valence-electron chi connectivity index (χ2n) is 4.23. The molecule has 0 unspecified atom stereocenters. The fourth-order valence-electron chi connectivity index (χ4n) is 1.67. The molecule has 7 heteroatoms. The van der Waals surface area contributed by atoms with Crippen molar-refractivity contribution in [1.82, 2.24) is 9.88 Å². The Morgan fingerprint density at radius 2 is 2.11 bits per heavy atom. The van der Waals surface area contributed by atoms with Gasteiger partial charge in [-0.05, 0) is 31.5 Å². The van der Waals surface area contributed by atoms with E-state index in [4.69, 9.17) is 10.3 Å². The molecular formula is C12H15N3O3S. The molecule has 1 aromatic carbocycles. The number of hydrogen-bond acceptors (Lipinski definition) is 5. The summed E-state index contributed by atoms with van der Waals surface area (Å²) in [7, 11) is -3.62. The number of nitrogens with one attached hydrogen (secondary N) is 1. The number of aromatic nitrogens is 1. The number of nitrogens with zero attached hydrogens (tertiary/aromatic N) is 1. The average molecular weight is 281 g/mol. The molecule has 0 aliphatic rings. The molecule has 102 valence electrons. The van der Waals surface area contributed by atoms with E-state index in [9.17, 15) is 8.42 Å². The number of nitrogens with two attached hydrogens (primary N) is 1. The van der Waals surface area contributed by atoms with Gasteiger partial charge in [0.1, 0.15) is 0 Å². The van der Waals surface area contributed by atoms with Crippen LogP contribution in [0.25, 0.3) is 0 Å². The largest absolute Gasteiger partial charge is 0.398 e. The molecule has 0 spiro atoms. The van der Waals surface area contributed by atoms with E-state index in [0.717, 1.165) is 0 Å². The molecule has 1 aromatic heterocycles. The number of rotatable bonds is 4. The Bertz CT molecular complexity index is 692. The van der Waals surface area contributed by atoms with Crippen LogP contribution in [0.3, 0.4) is 0 Å². The second-order valence-corrected chi connectivity index (χ2v) is 5.96. The molecule has 3 N–H and O–H groups in total. The van der Waals surface area contributed by atoms with Crippen molar-refractivity contribution in [3.8, 4) is 0 Å². The number of nitrogen functional groups attached to an aromatic ring is 1. The number of sulfonamides is 1. The zero-order valence-electron chi connectivity index (χ0n) is 10.7. The summed E-state index contributed by atoms with van der Waals surface area (Å²) in [4.78, 5) is 0.170. The Morgan fingerprint density at radius 1 is 1.37 bits per heavy atom. The Kier molecular flexibility index (Phi) is 3.59. The summed E-state index contributed by atoms with van der Waals surface area (Å²) in [6.07, 6.45) is 0. The van der Waals surface area contributed by atoms with Crippen LogP contribution in [0, 0.1) is 13.8 Å². The highest BCUT2D eigenvalue weighted by Gasteiger charge is 2.18. The smallest absolute Gasteiger partial charge is 0.241 e. The number of aryl methyl sites for hydroxylation is 1. The highest BCUT2D eigenvalue weighted by Crippen LogP contribution is 2.20. The molecule has 0 amide bonds. The van der Waals surface area contributed by atoms with Crippen molar-refractivity contribution in [3.05, 3.63) is 41.3 Å². The molecule has 19 heavy (non-hydrogen) atoms. The van der Waals surface area contributed by atoms with Crippen molar-refractivity contribution in [3.63, 3.8) is 0 Å².